The third kappa shape index (κ3) is 3.75. The average Bonchev–Trinajstić information content (AvgIpc) is 3.00. The van der Waals surface area contributed by atoms with E-state index in [0.717, 1.165) is 32.4 Å². The lowest BCUT2D eigenvalue weighted by Gasteiger charge is -2.39. The number of nitrogens with zero attached hydrogens (tertiary/aromatic N) is 2. The van der Waals surface area contributed by atoms with Crippen LogP contribution in [0.2, 0.25) is 0 Å². The first-order valence-electron chi connectivity index (χ1n) is 8.69. The summed E-state index contributed by atoms with van der Waals surface area (Å²) < 4.78 is 27.2. The molecule has 0 aromatic heterocycles. The topological polar surface area (TPSA) is 43.8 Å². The van der Waals surface area contributed by atoms with Gasteiger partial charge in [0.25, 0.3) is 0 Å². The fraction of sp³-hybridized carbons (Fsp3) is 0.611. The Balaban J connectivity index is 1.49. The van der Waals surface area contributed by atoms with Gasteiger partial charge in [0.05, 0.1) is 6.10 Å². The van der Waals surface area contributed by atoms with Gasteiger partial charge in [0, 0.05) is 44.2 Å². The highest BCUT2D eigenvalue weighted by Crippen LogP contribution is 2.25. The molecule has 6 heteroatoms. The number of hydrogen-bond donors (Lipinski definition) is 1. The molecule has 24 heavy (non-hydrogen) atoms. The van der Waals surface area contributed by atoms with E-state index in [4.69, 9.17) is 0 Å². The van der Waals surface area contributed by atoms with Gasteiger partial charge in [-0.1, -0.05) is 6.07 Å². The summed E-state index contributed by atoms with van der Waals surface area (Å²) >= 11 is 0. The van der Waals surface area contributed by atoms with Crippen LogP contribution in [0.5, 0.6) is 0 Å². The average molecular weight is 338 g/mol. The van der Waals surface area contributed by atoms with E-state index in [1.54, 1.807) is 4.90 Å². The standard InChI is InChI=1S/C18H24F2N2O2/c19-14-3-1-4-15(20)13(14)7-8-18(24)22-11-9-21(10-12-22)16-5-2-6-17(16)23/h1,3-4,16-17,23H,2,5-12H2/t16-,17+/m0/s1. The molecule has 132 valence electrons. The van der Waals surface area contributed by atoms with E-state index in [2.05, 4.69) is 4.90 Å². The van der Waals surface area contributed by atoms with Crippen LogP contribution >= 0.6 is 0 Å². The molecule has 0 unspecified atom stereocenters. The number of carbonyl (C=O) groups excluding carboxylic acids is 1. The molecule has 1 aromatic rings. The molecule has 0 bridgehead atoms. The quantitative estimate of drug-likeness (QED) is 0.913. The summed E-state index contributed by atoms with van der Waals surface area (Å²) in [4.78, 5) is 16.3. The van der Waals surface area contributed by atoms with Gasteiger partial charge in [0.15, 0.2) is 0 Å². The summed E-state index contributed by atoms with van der Waals surface area (Å²) in [6.07, 6.45) is 2.87. The highest BCUT2D eigenvalue weighted by molar-refractivity contribution is 5.76. The first-order chi connectivity index (χ1) is 11.6. The summed E-state index contributed by atoms with van der Waals surface area (Å²) in [5.74, 6) is -1.25. The Morgan fingerprint density at radius 2 is 1.79 bits per heavy atom. The van der Waals surface area contributed by atoms with Crippen molar-refractivity contribution in [3.8, 4) is 0 Å². The maximum atomic E-state index is 13.6. The van der Waals surface area contributed by atoms with Gasteiger partial charge in [0.2, 0.25) is 5.91 Å². The number of hydrogen-bond acceptors (Lipinski definition) is 3. The van der Waals surface area contributed by atoms with Crippen molar-refractivity contribution in [2.45, 2.75) is 44.2 Å². The van der Waals surface area contributed by atoms with E-state index in [1.165, 1.54) is 18.2 Å². The molecule has 1 aliphatic carbocycles. The number of rotatable bonds is 4. The molecule has 1 saturated carbocycles. The van der Waals surface area contributed by atoms with Crippen molar-refractivity contribution in [3.05, 3.63) is 35.4 Å². The number of benzene rings is 1. The van der Waals surface area contributed by atoms with Gasteiger partial charge in [-0.3, -0.25) is 9.69 Å². The van der Waals surface area contributed by atoms with E-state index in [-0.39, 0.29) is 36.5 Å². The minimum Gasteiger partial charge on any atom is -0.391 e. The molecular formula is C18H24F2N2O2. The predicted octanol–water partition coefficient (Wildman–Crippen LogP) is 1.95. The van der Waals surface area contributed by atoms with E-state index >= 15 is 0 Å². The molecule has 0 spiro atoms. The minimum absolute atomic E-state index is 0.0152. The number of carbonyl (C=O) groups is 1. The highest BCUT2D eigenvalue weighted by Gasteiger charge is 2.33. The molecule has 1 N–H and O–H groups in total. The largest absolute Gasteiger partial charge is 0.391 e. The van der Waals surface area contributed by atoms with Gasteiger partial charge in [-0.25, -0.2) is 8.78 Å². The van der Waals surface area contributed by atoms with Crippen LogP contribution in [0.3, 0.4) is 0 Å². The third-order valence-corrected chi connectivity index (χ3v) is 5.23. The number of amides is 1. The molecule has 2 aliphatic rings. The number of piperazine rings is 1. The lowest BCUT2D eigenvalue weighted by Crippen LogP contribution is -2.53. The van der Waals surface area contributed by atoms with Crippen molar-refractivity contribution in [2.75, 3.05) is 26.2 Å². The van der Waals surface area contributed by atoms with Crippen LogP contribution in [0, 0.1) is 11.6 Å². The lowest BCUT2D eigenvalue weighted by atomic mass is 10.1. The van der Waals surface area contributed by atoms with Crippen molar-refractivity contribution < 1.29 is 18.7 Å². The van der Waals surface area contributed by atoms with Crippen molar-refractivity contribution >= 4 is 5.91 Å². The molecule has 2 fully saturated rings. The van der Waals surface area contributed by atoms with Crippen molar-refractivity contribution in [1.29, 1.82) is 0 Å². The predicted molar refractivity (Wildman–Crippen MR) is 86.5 cm³/mol. The van der Waals surface area contributed by atoms with E-state index in [9.17, 15) is 18.7 Å². The third-order valence-electron chi connectivity index (χ3n) is 5.23. The Labute approximate surface area is 141 Å². The van der Waals surface area contributed by atoms with Crippen molar-refractivity contribution in [3.63, 3.8) is 0 Å². The van der Waals surface area contributed by atoms with E-state index < -0.39 is 11.6 Å². The zero-order chi connectivity index (χ0) is 17.1. The van der Waals surface area contributed by atoms with Crippen LogP contribution in [0.1, 0.15) is 31.2 Å². The molecule has 2 atom stereocenters. The monoisotopic (exact) mass is 338 g/mol. The van der Waals surface area contributed by atoms with Crippen LogP contribution in [0.25, 0.3) is 0 Å². The van der Waals surface area contributed by atoms with Gasteiger partial charge in [-0.05, 0) is 37.8 Å². The van der Waals surface area contributed by atoms with Crippen LogP contribution in [-0.4, -0.2) is 59.1 Å². The summed E-state index contributed by atoms with van der Waals surface area (Å²) in [6.45, 7) is 2.73. The lowest BCUT2D eigenvalue weighted by molar-refractivity contribution is -0.133. The zero-order valence-electron chi connectivity index (χ0n) is 13.8. The maximum absolute atomic E-state index is 13.6. The minimum atomic E-state index is -0.595. The molecule has 3 rings (SSSR count). The fourth-order valence-corrected chi connectivity index (χ4v) is 3.81. The van der Waals surface area contributed by atoms with Crippen LogP contribution in [0.15, 0.2) is 18.2 Å². The summed E-state index contributed by atoms with van der Waals surface area (Å²) in [5.41, 5.74) is -0.0152. The molecule has 0 radical (unpaired) electrons. The smallest absolute Gasteiger partial charge is 0.222 e. The Hall–Kier alpha value is -1.53. The van der Waals surface area contributed by atoms with Crippen LogP contribution < -0.4 is 0 Å². The second kappa shape index (κ2) is 7.57. The number of halogens is 2. The van der Waals surface area contributed by atoms with Gasteiger partial charge in [-0.15, -0.1) is 0 Å². The number of aliphatic hydroxyl groups excluding tert-OH is 1. The molecule has 1 amide bonds. The van der Waals surface area contributed by atoms with Gasteiger partial charge < -0.3 is 10.0 Å². The highest BCUT2D eigenvalue weighted by atomic mass is 19.1. The summed E-state index contributed by atoms with van der Waals surface area (Å²) in [5, 5.41) is 9.99. The van der Waals surface area contributed by atoms with Crippen LogP contribution in [-0.2, 0) is 11.2 Å². The number of aliphatic hydroxyl groups is 1. The molecule has 1 heterocycles. The summed E-state index contributed by atoms with van der Waals surface area (Å²) in [7, 11) is 0. The molecular weight excluding hydrogens is 314 g/mol. The van der Waals surface area contributed by atoms with Crippen LogP contribution in [0.4, 0.5) is 8.78 Å². The van der Waals surface area contributed by atoms with E-state index in [0.29, 0.717) is 13.1 Å². The maximum Gasteiger partial charge on any atom is 0.222 e. The van der Waals surface area contributed by atoms with Gasteiger partial charge in [-0.2, -0.15) is 0 Å². The molecule has 1 aliphatic heterocycles. The second-order valence-electron chi connectivity index (χ2n) is 6.68. The Morgan fingerprint density at radius 3 is 2.38 bits per heavy atom. The zero-order valence-corrected chi connectivity index (χ0v) is 13.8. The normalized spacial score (nSPS) is 25.2. The Kier molecular flexibility index (Phi) is 5.46. The molecule has 1 saturated heterocycles. The fourth-order valence-electron chi connectivity index (χ4n) is 3.81. The molecule has 4 nitrogen and oxygen atoms in total. The van der Waals surface area contributed by atoms with Crippen molar-refractivity contribution in [1.82, 2.24) is 9.80 Å². The summed E-state index contributed by atoms with van der Waals surface area (Å²) in [6, 6.07) is 3.98. The Bertz CT molecular complexity index is 568. The van der Waals surface area contributed by atoms with Gasteiger partial charge >= 0.3 is 0 Å². The first kappa shape index (κ1) is 17.3. The SMILES string of the molecule is O=C(CCc1c(F)cccc1F)N1CCN([C@H]2CCC[C@H]2O)CC1. The second-order valence-corrected chi connectivity index (χ2v) is 6.68. The molecule has 1 aromatic carbocycles. The first-order valence-corrected chi connectivity index (χ1v) is 8.69. The Morgan fingerprint density at radius 1 is 1.12 bits per heavy atom. The van der Waals surface area contributed by atoms with E-state index in [1.807, 2.05) is 0 Å². The van der Waals surface area contributed by atoms with Gasteiger partial charge in [0.1, 0.15) is 11.6 Å². The van der Waals surface area contributed by atoms with Crippen molar-refractivity contribution in [2.24, 2.45) is 0 Å².